The fourth-order valence-corrected chi connectivity index (χ4v) is 4.00. The lowest BCUT2D eigenvalue weighted by Gasteiger charge is -2.37. The number of ether oxygens (including phenoxy) is 1. The Morgan fingerprint density at radius 3 is 3.11 bits per heavy atom. The van der Waals surface area contributed by atoms with Crippen LogP contribution < -0.4 is 0 Å². The average molecular weight is 282 g/mol. The van der Waals surface area contributed by atoms with Gasteiger partial charge in [-0.15, -0.1) is 11.3 Å². The lowest BCUT2D eigenvalue weighted by atomic mass is 10.1. The van der Waals surface area contributed by atoms with Crippen LogP contribution in [0.3, 0.4) is 0 Å². The summed E-state index contributed by atoms with van der Waals surface area (Å²) in [5.41, 5.74) is 1.08. The fourth-order valence-electron chi connectivity index (χ4n) is 3.01. The van der Waals surface area contributed by atoms with Gasteiger partial charge in [0.05, 0.1) is 29.5 Å². The van der Waals surface area contributed by atoms with Crippen LogP contribution in [0.2, 0.25) is 0 Å². The largest absolute Gasteiger partial charge is 0.390 e. The molecule has 1 N–H and O–H groups in total. The number of fused-ring (bicyclic) bond motifs is 1. The van der Waals surface area contributed by atoms with E-state index in [4.69, 9.17) is 4.74 Å². The second-order valence-electron chi connectivity index (χ2n) is 5.68. The highest BCUT2D eigenvalue weighted by Gasteiger charge is 2.35. The van der Waals surface area contributed by atoms with E-state index in [1.54, 1.807) is 11.3 Å². The maximum absolute atomic E-state index is 10.4. The van der Waals surface area contributed by atoms with Gasteiger partial charge in [-0.25, -0.2) is 4.98 Å². The minimum atomic E-state index is -0.438. The van der Waals surface area contributed by atoms with Gasteiger partial charge in [-0.1, -0.05) is 0 Å². The van der Waals surface area contributed by atoms with Crippen molar-refractivity contribution in [2.45, 2.75) is 51.4 Å². The first-order chi connectivity index (χ1) is 9.13. The number of thiazole rings is 1. The van der Waals surface area contributed by atoms with E-state index in [9.17, 15) is 5.11 Å². The lowest BCUT2D eigenvalue weighted by Crippen LogP contribution is -2.50. The van der Waals surface area contributed by atoms with Gasteiger partial charge < -0.3 is 9.84 Å². The topological polar surface area (TPSA) is 45.6 Å². The number of aromatic nitrogens is 1. The molecule has 3 heterocycles. The Kier molecular flexibility index (Phi) is 3.89. The molecule has 2 fully saturated rings. The molecule has 1 aromatic heterocycles. The van der Waals surface area contributed by atoms with E-state index in [0.717, 1.165) is 30.4 Å². The molecule has 1 aromatic rings. The number of aliphatic hydroxyl groups excluding tert-OH is 1. The summed E-state index contributed by atoms with van der Waals surface area (Å²) in [6.07, 6.45) is 2.63. The van der Waals surface area contributed by atoms with Gasteiger partial charge in [-0.3, -0.25) is 4.90 Å². The SMILES string of the molecule is Cc1nc(CC(O)C2CN3CCCC3CO2)sc1C. The zero-order chi connectivity index (χ0) is 13.4. The molecule has 2 aliphatic rings. The highest BCUT2D eigenvalue weighted by Crippen LogP contribution is 2.25. The van der Waals surface area contributed by atoms with Crippen molar-refractivity contribution in [3.63, 3.8) is 0 Å². The first kappa shape index (κ1) is 13.5. The molecule has 3 rings (SSSR count). The molecule has 2 saturated heterocycles. The van der Waals surface area contributed by atoms with Crippen LogP contribution in [0.4, 0.5) is 0 Å². The molecule has 2 aliphatic heterocycles. The summed E-state index contributed by atoms with van der Waals surface area (Å²) in [6.45, 7) is 6.90. The van der Waals surface area contributed by atoms with Gasteiger partial charge in [0.2, 0.25) is 0 Å². The van der Waals surface area contributed by atoms with Crippen molar-refractivity contribution in [1.82, 2.24) is 9.88 Å². The number of aryl methyl sites for hydroxylation is 2. The van der Waals surface area contributed by atoms with Crippen molar-refractivity contribution in [1.29, 1.82) is 0 Å². The van der Waals surface area contributed by atoms with Gasteiger partial charge in [0.1, 0.15) is 0 Å². The lowest BCUT2D eigenvalue weighted by molar-refractivity contribution is -0.101. The molecule has 0 aromatic carbocycles. The van der Waals surface area contributed by atoms with E-state index in [0.29, 0.717) is 12.5 Å². The molecule has 0 amide bonds. The zero-order valence-electron chi connectivity index (χ0n) is 11.6. The van der Waals surface area contributed by atoms with Crippen LogP contribution in [-0.2, 0) is 11.2 Å². The summed E-state index contributed by atoms with van der Waals surface area (Å²) >= 11 is 1.69. The molecule has 0 aliphatic carbocycles. The summed E-state index contributed by atoms with van der Waals surface area (Å²) in [7, 11) is 0. The minimum absolute atomic E-state index is 0.0566. The first-order valence-electron chi connectivity index (χ1n) is 7.10. The van der Waals surface area contributed by atoms with Gasteiger partial charge in [0.15, 0.2) is 0 Å². The molecule has 4 nitrogen and oxygen atoms in total. The highest BCUT2D eigenvalue weighted by molar-refractivity contribution is 7.11. The van der Waals surface area contributed by atoms with Crippen molar-refractivity contribution in [3.05, 3.63) is 15.6 Å². The number of rotatable bonds is 3. The Bertz CT molecular complexity index is 429. The molecule has 0 bridgehead atoms. The Labute approximate surface area is 118 Å². The van der Waals surface area contributed by atoms with Crippen molar-refractivity contribution >= 4 is 11.3 Å². The molecule has 3 unspecified atom stereocenters. The highest BCUT2D eigenvalue weighted by atomic mass is 32.1. The van der Waals surface area contributed by atoms with Gasteiger partial charge >= 0.3 is 0 Å². The molecule has 0 spiro atoms. The third-order valence-corrected chi connectivity index (χ3v) is 5.40. The summed E-state index contributed by atoms with van der Waals surface area (Å²) in [6, 6.07) is 0.591. The predicted octanol–water partition coefficient (Wildman–Crippen LogP) is 1.53. The van der Waals surface area contributed by atoms with E-state index >= 15 is 0 Å². The van der Waals surface area contributed by atoms with Gasteiger partial charge in [0.25, 0.3) is 0 Å². The van der Waals surface area contributed by atoms with Crippen LogP contribution >= 0.6 is 11.3 Å². The summed E-state index contributed by atoms with van der Waals surface area (Å²) < 4.78 is 5.85. The van der Waals surface area contributed by atoms with Crippen LogP contribution in [0.1, 0.15) is 28.4 Å². The van der Waals surface area contributed by atoms with Crippen molar-refractivity contribution in [3.8, 4) is 0 Å². The molecular formula is C14H22N2O2S. The summed E-state index contributed by atoms with van der Waals surface area (Å²) in [5, 5.41) is 11.4. The Morgan fingerprint density at radius 2 is 2.37 bits per heavy atom. The minimum Gasteiger partial charge on any atom is -0.390 e. The van der Waals surface area contributed by atoms with Crippen molar-refractivity contribution in [2.24, 2.45) is 0 Å². The molecule has 3 atom stereocenters. The number of morpholine rings is 1. The van der Waals surface area contributed by atoms with Crippen LogP contribution in [0.25, 0.3) is 0 Å². The fraction of sp³-hybridized carbons (Fsp3) is 0.786. The Hall–Kier alpha value is -0.490. The Balaban J connectivity index is 1.59. The maximum Gasteiger partial charge on any atom is 0.0965 e. The monoisotopic (exact) mass is 282 g/mol. The number of nitrogens with zero attached hydrogens (tertiary/aromatic N) is 2. The van der Waals surface area contributed by atoms with Crippen LogP contribution in [0.5, 0.6) is 0 Å². The zero-order valence-corrected chi connectivity index (χ0v) is 12.4. The number of aliphatic hydroxyl groups is 1. The Morgan fingerprint density at radius 1 is 1.53 bits per heavy atom. The summed E-state index contributed by atoms with van der Waals surface area (Å²) in [5.74, 6) is 0. The second-order valence-corrected chi connectivity index (χ2v) is 6.97. The first-order valence-corrected chi connectivity index (χ1v) is 7.92. The average Bonchev–Trinajstić information content (AvgIpc) is 2.96. The van der Waals surface area contributed by atoms with Crippen LogP contribution in [0.15, 0.2) is 0 Å². The van der Waals surface area contributed by atoms with E-state index in [2.05, 4.69) is 16.8 Å². The van der Waals surface area contributed by atoms with E-state index in [-0.39, 0.29) is 6.10 Å². The molecule has 0 radical (unpaired) electrons. The van der Waals surface area contributed by atoms with Gasteiger partial charge in [0, 0.05) is 23.9 Å². The van der Waals surface area contributed by atoms with Crippen molar-refractivity contribution < 1.29 is 9.84 Å². The van der Waals surface area contributed by atoms with Gasteiger partial charge in [-0.05, 0) is 33.2 Å². The predicted molar refractivity (Wildman–Crippen MR) is 75.6 cm³/mol. The van der Waals surface area contributed by atoms with Crippen molar-refractivity contribution in [2.75, 3.05) is 19.7 Å². The van der Waals surface area contributed by atoms with E-state index in [1.165, 1.54) is 17.7 Å². The number of hydrogen-bond donors (Lipinski definition) is 1. The summed E-state index contributed by atoms with van der Waals surface area (Å²) in [4.78, 5) is 8.21. The second kappa shape index (κ2) is 5.48. The molecule has 5 heteroatoms. The standard InChI is InChI=1S/C14H22N2O2S/c1-9-10(2)19-14(15-9)6-12(17)13-7-16-5-3-4-11(16)8-18-13/h11-13,17H,3-8H2,1-2H3. The molecular weight excluding hydrogens is 260 g/mol. The third-order valence-electron chi connectivity index (χ3n) is 4.30. The maximum atomic E-state index is 10.4. The molecule has 0 saturated carbocycles. The normalized spacial score (nSPS) is 29.4. The quantitative estimate of drug-likeness (QED) is 0.913. The van der Waals surface area contributed by atoms with E-state index < -0.39 is 6.10 Å². The van der Waals surface area contributed by atoms with Gasteiger partial charge in [-0.2, -0.15) is 0 Å². The number of hydrogen-bond acceptors (Lipinski definition) is 5. The molecule has 106 valence electrons. The smallest absolute Gasteiger partial charge is 0.0965 e. The van der Waals surface area contributed by atoms with E-state index in [1.807, 2.05) is 6.92 Å². The third kappa shape index (κ3) is 2.84. The van der Waals surface area contributed by atoms with Crippen LogP contribution in [-0.4, -0.2) is 52.9 Å². The molecule has 19 heavy (non-hydrogen) atoms. The van der Waals surface area contributed by atoms with Crippen LogP contribution in [0, 0.1) is 13.8 Å².